The number of hydrogen-bond donors (Lipinski definition) is 2. The molecular weight excluding hydrogens is 310 g/mol. The molecule has 23 heavy (non-hydrogen) atoms. The van der Waals surface area contributed by atoms with Gasteiger partial charge in [0.2, 0.25) is 10.0 Å². The van der Waals surface area contributed by atoms with E-state index in [1.807, 2.05) is 6.07 Å². The molecule has 0 saturated carbocycles. The number of aryl methyl sites for hydroxylation is 2. The molecule has 0 unspecified atom stereocenters. The monoisotopic (exact) mass is 333 g/mol. The number of aromatic nitrogens is 1. The highest BCUT2D eigenvalue weighted by Crippen LogP contribution is 2.32. The number of sulfonamides is 1. The predicted molar refractivity (Wildman–Crippen MR) is 95.3 cm³/mol. The standard InChI is InChI=1S/C17H23N3O2S/c1-4-23(21,22)19-14-7-6-10-20(11-14)16-9-5-8-15-17(16)12(2)13(3)18-15/h4-5,8-9,14,18-19H,1,6-7,10-11H2,2-3H3/t14-/m0/s1. The van der Waals surface area contributed by atoms with Crippen molar-refractivity contribution in [3.05, 3.63) is 41.4 Å². The molecule has 3 rings (SSSR count). The van der Waals surface area contributed by atoms with Crippen molar-refractivity contribution in [1.29, 1.82) is 0 Å². The Kier molecular flexibility index (Phi) is 4.21. The summed E-state index contributed by atoms with van der Waals surface area (Å²) in [5.41, 5.74) is 4.73. The molecule has 124 valence electrons. The Bertz CT molecular complexity index is 839. The van der Waals surface area contributed by atoms with Crippen molar-refractivity contribution in [2.24, 2.45) is 0 Å². The Morgan fingerprint density at radius 2 is 2.17 bits per heavy atom. The van der Waals surface area contributed by atoms with Crippen molar-refractivity contribution < 1.29 is 8.42 Å². The van der Waals surface area contributed by atoms with Crippen LogP contribution in [-0.4, -0.2) is 32.5 Å². The fourth-order valence-corrected chi connectivity index (χ4v) is 4.11. The lowest BCUT2D eigenvalue weighted by molar-refractivity contribution is 0.469. The minimum absolute atomic E-state index is 0.0812. The molecule has 1 aromatic carbocycles. The maximum Gasteiger partial charge on any atom is 0.233 e. The Balaban J connectivity index is 1.91. The topological polar surface area (TPSA) is 65.2 Å². The van der Waals surface area contributed by atoms with Gasteiger partial charge in [0.25, 0.3) is 0 Å². The zero-order chi connectivity index (χ0) is 16.6. The van der Waals surface area contributed by atoms with Crippen molar-refractivity contribution in [1.82, 2.24) is 9.71 Å². The zero-order valence-corrected chi connectivity index (χ0v) is 14.4. The van der Waals surface area contributed by atoms with Gasteiger partial charge >= 0.3 is 0 Å². The van der Waals surface area contributed by atoms with Gasteiger partial charge in [-0.3, -0.25) is 0 Å². The van der Waals surface area contributed by atoms with Crippen LogP contribution in [0.5, 0.6) is 0 Å². The maximum atomic E-state index is 11.7. The van der Waals surface area contributed by atoms with Crippen molar-refractivity contribution in [2.45, 2.75) is 32.7 Å². The molecule has 6 heteroatoms. The molecule has 1 aromatic heterocycles. The van der Waals surface area contributed by atoms with Crippen LogP contribution in [0.1, 0.15) is 24.1 Å². The number of fused-ring (bicyclic) bond motifs is 1. The molecular formula is C17H23N3O2S. The SMILES string of the molecule is C=CS(=O)(=O)N[C@H]1CCCN(c2cccc3[nH]c(C)c(C)c23)C1. The summed E-state index contributed by atoms with van der Waals surface area (Å²) in [6.45, 7) is 9.18. The summed E-state index contributed by atoms with van der Waals surface area (Å²) in [6, 6.07) is 6.17. The first-order valence-electron chi connectivity index (χ1n) is 7.89. The molecule has 2 aromatic rings. The lowest BCUT2D eigenvalue weighted by Crippen LogP contribution is -2.47. The first-order valence-corrected chi connectivity index (χ1v) is 9.43. The number of rotatable bonds is 4. The van der Waals surface area contributed by atoms with Gasteiger partial charge in [-0.2, -0.15) is 0 Å². The lowest BCUT2D eigenvalue weighted by Gasteiger charge is -2.35. The van der Waals surface area contributed by atoms with Gasteiger partial charge < -0.3 is 9.88 Å². The average Bonchev–Trinajstić information content (AvgIpc) is 2.82. The number of piperidine rings is 1. The smallest absolute Gasteiger partial charge is 0.233 e. The van der Waals surface area contributed by atoms with E-state index in [2.05, 4.69) is 47.2 Å². The zero-order valence-electron chi connectivity index (χ0n) is 13.6. The van der Waals surface area contributed by atoms with Crippen LogP contribution in [0.25, 0.3) is 10.9 Å². The molecule has 0 radical (unpaired) electrons. The third-order valence-corrected chi connectivity index (χ3v) is 5.72. The van der Waals surface area contributed by atoms with Gasteiger partial charge in [-0.1, -0.05) is 12.6 Å². The molecule has 1 aliphatic rings. The fourth-order valence-electron chi connectivity index (χ4n) is 3.36. The maximum absolute atomic E-state index is 11.7. The van der Waals surface area contributed by atoms with Crippen molar-refractivity contribution in [3.63, 3.8) is 0 Å². The van der Waals surface area contributed by atoms with Gasteiger partial charge in [-0.15, -0.1) is 0 Å². The second kappa shape index (κ2) is 6.02. The van der Waals surface area contributed by atoms with Gasteiger partial charge in [0.1, 0.15) is 0 Å². The van der Waals surface area contributed by atoms with Crippen molar-refractivity contribution in [3.8, 4) is 0 Å². The summed E-state index contributed by atoms with van der Waals surface area (Å²) in [7, 11) is -3.39. The van der Waals surface area contributed by atoms with Gasteiger partial charge in [0.05, 0.1) is 0 Å². The highest BCUT2D eigenvalue weighted by atomic mass is 32.2. The third kappa shape index (κ3) is 3.14. The number of nitrogens with one attached hydrogen (secondary N) is 2. The van der Waals surface area contributed by atoms with Crippen LogP contribution in [0.3, 0.4) is 0 Å². The summed E-state index contributed by atoms with van der Waals surface area (Å²) in [5, 5.41) is 2.21. The van der Waals surface area contributed by atoms with Gasteiger partial charge in [0.15, 0.2) is 0 Å². The van der Waals surface area contributed by atoms with E-state index in [1.165, 1.54) is 22.3 Å². The second-order valence-electron chi connectivity index (χ2n) is 6.19. The number of anilines is 1. The van der Waals surface area contributed by atoms with Gasteiger partial charge in [-0.05, 0) is 44.4 Å². The molecule has 1 aliphatic heterocycles. The van der Waals surface area contributed by atoms with Crippen LogP contribution in [0.2, 0.25) is 0 Å². The molecule has 0 aliphatic carbocycles. The van der Waals surface area contributed by atoms with E-state index < -0.39 is 10.0 Å². The normalized spacial score (nSPS) is 19.2. The summed E-state index contributed by atoms with van der Waals surface area (Å²) >= 11 is 0. The van der Waals surface area contributed by atoms with E-state index in [9.17, 15) is 8.42 Å². The first kappa shape index (κ1) is 16.1. The molecule has 1 atom stereocenters. The van der Waals surface area contributed by atoms with E-state index in [0.29, 0.717) is 6.54 Å². The molecule has 0 spiro atoms. The van der Waals surface area contributed by atoms with Crippen molar-refractivity contribution in [2.75, 3.05) is 18.0 Å². The van der Waals surface area contributed by atoms with Gasteiger partial charge in [-0.25, -0.2) is 13.1 Å². The number of H-pyrrole nitrogens is 1. The van der Waals surface area contributed by atoms with Gasteiger partial charge in [0, 0.05) is 46.8 Å². The van der Waals surface area contributed by atoms with Crippen molar-refractivity contribution >= 4 is 26.6 Å². The number of aromatic amines is 1. The van der Waals surface area contributed by atoms with E-state index in [4.69, 9.17) is 0 Å². The van der Waals surface area contributed by atoms with E-state index >= 15 is 0 Å². The lowest BCUT2D eigenvalue weighted by atomic mass is 10.0. The van der Waals surface area contributed by atoms with Crippen LogP contribution >= 0.6 is 0 Å². The van der Waals surface area contributed by atoms with E-state index in [1.54, 1.807) is 0 Å². The average molecular weight is 333 g/mol. The summed E-state index contributed by atoms with van der Waals surface area (Å²) in [4.78, 5) is 5.69. The Morgan fingerprint density at radius 3 is 2.91 bits per heavy atom. The molecule has 2 heterocycles. The molecule has 1 saturated heterocycles. The Hall–Kier alpha value is -1.79. The number of nitrogens with zero attached hydrogens (tertiary/aromatic N) is 1. The Labute approximate surface area is 137 Å². The first-order chi connectivity index (χ1) is 10.9. The van der Waals surface area contributed by atoms with Crippen LogP contribution in [0.15, 0.2) is 30.2 Å². The molecule has 0 amide bonds. The largest absolute Gasteiger partial charge is 0.369 e. The summed E-state index contributed by atoms with van der Waals surface area (Å²) in [5.74, 6) is 0. The van der Waals surface area contributed by atoms with Crippen LogP contribution in [0, 0.1) is 13.8 Å². The van der Waals surface area contributed by atoms with E-state index in [0.717, 1.165) is 30.3 Å². The minimum atomic E-state index is -3.39. The molecule has 0 bridgehead atoms. The van der Waals surface area contributed by atoms with E-state index in [-0.39, 0.29) is 6.04 Å². The number of hydrogen-bond acceptors (Lipinski definition) is 3. The summed E-state index contributed by atoms with van der Waals surface area (Å²) in [6.07, 6.45) is 1.81. The van der Waals surface area contributed by atoms with Crippen LogP contribution < -0.4 is 9.62 Å². The predicted octanol–water partition coefficient (Wildman–Crippen LogP) is 2.82. The molecule has 5 nitrogen and oxygen atoms in total. The fraction of sp³-hybridized carbons (Fsp3) is 0.412. The second-order valence-corrected chi connectivity index (χ2v) is 7.85. The summed E-state index contributed by atoms with van der Waals surface area (Å²) < 4.78 is 26.2. The molecule has 1 fully saturated rings. The quantitative estimate of drug-likeness (QED) is 0.904. The van der Waals surface area contributed by atoms with Crippen LogP contribution in [0.4, 0.5) is 5.69 Å². The Morgan fingerprint density at radius 1 is 1.39 bits per heavy atom. The van der Waals surface area contributed by atoms with Crippen LogP contribution in [-0.2, 0) is 10.0 Å². The highest BCUT2D eigenvalue weighted by molar-refractivity contribution is 7.92. The molecule has 2 N–H and O–H groups in total. The minimum Gasteiger partial charge on any atom is -0.369 e. The number of benzene rings is 1. The third-order valence-electron chi connectivity index (χ3n) is 4.61. The highest BCUT2D eigenvalue weighted by Gasteiger charge is 2.24.